The third-order valence-electron chi connectivity index (χ3n) is 5.05. The van der Waals surface area contributed by atoms with Crippen LogP contribution in [0.5, 0.6) is 17.2 Å². The summed E-state index contributed by atoms with van der Waals surface area (Å²) < 4.78 is 21.6. The normalized spacial score (nSPS) is 11.0. The van der Waals surface area contributed by atoms with E-state index in [1.54, 1.807) is 32.0 Å². The summed E-state index contributed by atoms with van der Waals surface area (Å²) in [6.07, 6.45) is 5.83. The topological polar surface area (TPSA) is 71.1 Å². The number of unbranched alkanes of at least 4 members (excludes halogenated alkanes) is 4. The first-order valence-corrected chi connectivity index (χ1v) is 10.1. The number of benzene rings is 1. The molecule has 0 amide bonds. The molecule has 0 aromatic heterocycles. The molecule has 1 rings (SSSR count). The molecule has 158 valence electrons. The van der Waals surface area contributed by atoms with Crippen molar-refractivity contribution in [3.63, 3.8) is 0 Å². The van der Waals surface area contributed by atoms with Crippen molar-refractivity contribution >= 4 is 11.9 Å². The maximum atomic E-state index is 13.0. The van der Waals surface area contributed by atoms with Gasteiger partial charge in [-0.1, -0.05) is 52.5 Å². The van der Waals surface area contributed by atoms with E-state index in [9.17, 15) is 9.59 Å². The molecule has 0 aliphatic heterocycles. The molecule has 0 spiro atoms. The highest BCUT2D eigenvalue weighted by molar-refractivity contribution is 6.01. The number of carbonyl (C=O) groups excluding carboxylic acids is 2. The molecule has 6 nitrogen and oxygen atoms in total. The predicted octanol–water partition coefficient (Wildman–Crippen LogP) is 4.93. The first-order valence-electron chi connectivity index (χ1n) is 10.1. The Bertz CT molecular complexity index is 599. The molecule has 0 radical (unpaired) electrons. The standard InChI is InChI=1S/C22H34O6/c1-6-9-10-11-12-16-27-20(23)22(7-2,8-3)21(24)28-19-17(25-4)14-13-15-18(19)26-5/h13-15H,6-12,16H2,1-5H3. The van der Waals surface area contributed by atoms with Crippen LogP contribution < -0.4 is 14.2 Å². The molecule has 0 saturated heterocycles. The Balaban J connectivity index is 2.89. The molecule has 0 aliphatic rings. The minimum absolute atomic E-state index is 0.163. The molecule has 6 heteroatoms. The summed E-state index contributed by atoms with van der Waals surface area (Å²) in [5, 5.41) is 0. The molecule has 0 bridgehead atoms. The van der Waals surface area contributed by atoms with Crippen molar-refractivity contribution in [1.29, 1.82) is 0 Å². The number of hydrogen-bond donors (Lipinski definition) is 0. The number of hydrogen-bond acceptors (Lipinski definition) is 6. The van der Waals surface area contributed by atoms with Gasteiger partial charge in [0.2, 0.25) is 5.75 Å². The van der Waals surface area contributed by atoms with E-state index in [4.69, 9.17) is 18.9 Å². The van der Waals surface area contributed by atoms with Gasteiger partial charge >= 0.3 is 11.9 Å². The van der Waals surface area contributed by atoms with Gasteiger partial charge in [0.1, 0.15) is 0 Å². The highest BCUT2D eigenvalue weighted by atomic mass is 16.6. The lowest BCUT2D eigenvalue weighted by Crippen LogP contribution is -2.42. The number of carbonyl (C=O) groups is 2. The highest BCUT2D eigenvalue weighted by Crippen LogP contribution is 2.39. The first-order chi connectivity index (χ1) is 13.5. The minimum atomic E-state index is -1.35. The second-order valence-corrected chi connectivity index (χ2v) is 6.72. The summed E-state index contributed by atoms with van der Waals surface area (Å²) in [5.74, 6) is -0.310. The fraction of sp³-hybridized carbons (Fsp3) is 0.636. The van der Waals surface area contributed by atoms with Gasteiger partial charge in [0, 0.05) is 0 Å². The Morgan fingerprint density at radius 3 is 1.93 bits per heavy atom. The van der Waals surface area contributed by atoms with Gasteiger partial charge in [0.15, 0.2) is 16.9 Å². The van der Waals surface area contributed by atoms with E-state index in [0.717, 1.165) is 25.7 Å². The lowest BCUT2D eigenvalue weighted by molar-refractivity contribution is -0.168. The molecular formula is C22H34O6. The largest absolute Gasteiger partial charge is 0.493 e. The van der Waals surface area contributed by atoms with E-state index in [-0.39, 0.29) is 18.6 Å². The molecule has 0 N–H and O–H groups in total. The quantitative estimate of drug-likeness (QED) is 0.204. The molecule has 0 atom stereocenters. The van der Waals surface area contributed by atoms with E-state index in [1.807, 2.05) is 0 Å². The van der Waals surface area contributed by atoms with E-state index < -0.39 is 17.4 Å². The van der Waals surface area contributed by atoms with Crippen LogP contribution >= 0.6 is 0 Å². The summed E-state index contributed by atoms with van der Waals surface area (Å²) in [6.45, 7) is 6.04. The molecule has 0 heterocycles. The second kappa shape index (κ2) is 12.3. The maximum absolute atomic E-state index is 13.0. The average Bonchev–Trinajstić information content (AvgIpc) is 2.72. The number of esters is 2. The van der Waals surface area contributed by atoms with Crippen LogP contribution in [0.1, 0.15) is 65.7 Å². The van der Waals surface area contributed by atoms with Gasteiger partial charge in [-0.05, 0) is 31.4 Å². The second-order valence-electron chi connectivity index (χ2n) is 6.72. The van der Waals surface area contributed by atoms with E-state index in [0.29, 0.717) is 18.1 Å². The Morgan fingerprint density at radius 1 is 0.857 bits per heavy atom. The van der Waals surface area contributed by atoms with Crippen LogP contribution in [0.3, 0.4) is 0 Å². The van der Waals surface area contributed by atoms with Gasteiger partial charge in [-0.3, -0.25) is 9.59 Å². The Kier molecular flexibility index (Phi) is 10.4. The van der Waals surface area contributed by atoms with Crippen LogP contribution in [-0.2, 0) is 14.3 Å². The Labute approximate surface area is 168 Å². The smallest absolute Gasteiger partial charge is 0.329 e. The zero-order valence-electron chi connectivity index (χ0n) is 17.8. The van der Waals surface area contributed by atoms with Crippen molar-refractivity contribution in [2.24, 2.45) is 5.41 Å². The molecule has 0 unspecified atom stereocenters. The van der Waals surface area contributed by atoms with Gasteiger partial charge in [-0.2, -0.15) is 0 Å². The summed E-state index contributed by atoms with van der Waals surface area (Å²) in [7, 11) is 2.96. The van der Waals surface area contributed by atoms with Crippen molar-refractivity contribution in [2.45, 2.75) is 65.7 Å². The van der Waals surface area contributed by atoms with Gasteiger partial charge < -0.3 is 18.9 Å². The first kappa shape index (κ1) is 23.8. The number of rotatable bonds is 13. The Hall–Kier alpha value is -2.24. The van der Waals surface area contributed by atoms with Gasteiger partial charge in [-0.15, -0.1) is 0 Å². The van der Waals surface area contributed by atoms with E-state index in [2.05, 4.69) is 6.92 Å². The third-order valence-corrected chi connectivity index (χ3v) is 5.05. The lowest BCUT2D eigenvalue weighted by Gasteiger charge is -2.27. The zero-order chi connectivity index (χ0) is 21.0. The monoisotopic (exact) mass is 394 g/mol. The molecule has 0 aliphatic carbocycles. The molecule has 0 fully saturated rings. The molecule has 1 aromatic carbocycles. The van der Waals surface area contributed by atoms with Crippen LogP contribution in [0.2, 0.25) is 0 Å². The van der Waals surface area contributed by atoms with Crippen molar-refractivity contribution in [2.75, 3.05) is 20.8 Å². The number of methoxy groups -OCH3 is 2. The van der Waals surface area contributed by atoms with Crippen molar-refractivity contribution in [3.05, 3.63) is 18.2 Å². The molecule has 1 aromatic rings. The van der Waals surface area contributed by atoms with Gasteiger partial charge in [-0.25, -0.2) is 0 Å². The predicted molar refractivity (Wildman–Crippen MR) is 108 cm³/mol. The maximum Gasteiger partial charge on any atom is 0.329 e. The van der Waals surface area contributed by atoms with Crippen molar-refractivity contribution in [1.82, 2.24) is 0 Å². The molecular weight excluding hydrogens is 360 g/mol. The van der Waals surface area contributed by atoms with Crippen LogP contribution in [0.15, 0.2) is 18.2 Å². The van der Waals surface area contributed by atoms with Crippen molar-refractivity contribution < 1.29 is 28.5 Å². The summed E-state index contributed by atoms with van der Waals surface area (Å²) in [5.41, 5.74) is -1.35. The van der Waals surface area contributed by atoms with E-state index in [1.165, 1.54) is 20.6 Å². The summed E-state index contributed by atoms with van der Waals surface area (Å²) in [4.78, 5) is 25.8. The van der Waals surface area contributed by atoms with Crippen LogP contribution in [0.4, 0.5) is 0 Å². The molecule has 28 heavy (non-hydrogen) atoms. The van der Waals surface area contributed by atoms with Crippen molar-refractivity contribution in [3.8, 4) is 17.2 Å². The minimum Gasteiger partial charge on any atom is -0.493 e. The van der Waals surface area contributed by atoms with Crippen LogP contribution in [-0.4, -0.2) is 32.8 Å². The SMILES string of the molecule is CCCCCCCOC(=O)C(CC)(CC)C(=O)Oc1c(OC)cccc1OC. The fourth-order valence-corrected chi connectivity index (χ4v) is 3.03. The number of ether oxygens (including phenoxy) is 4. The van der Waals surface area contributed by atoms with Gasteiger partial charge in [0.25, 0.3) is 0 Å². The summed E-state index contributed by atoms with van der Waals surface area (Å²) in [6, 6.07) is 5.06. The Morgan fingerprint density at radius 2 is 1.43 bits per heavy atom. The third kappa shape index (κ3) is 5.88. The molecule has 0 saturated carbocycles. The number of para-hydroxylation sites is 1. The van der Waals surface area contributed by atoms with Crippen LogP contribution in [0.25, 0.3) is 0 Å². The van der Waals surface area contributed by atoms with Crippen LogP contribution in [0, 0.1) is 5.41 Å². The lowest BCUT2D eigenvalue weighted by atomic mass is 9.82. The van der Waals surface area contributed by atoms with E-state index >= 15 is 0 Å². The fourth-order valence-electron chi connectivity index (χ4n) is 3.03. The average molecular weight is 395 g/mol. The van der Waals surface area contributed by atoms with Gasteiger partial charge in [0.05, 0.1) is 20.8 Å². The highest BCUT2D eigenvalue weighted by Gasteiger charge is 2.46. The summed E-state index contributed by atoms with van der Waals surface area (Å²) >= 11 is 0. The zero-order valence-corrected chi connectivity index (χ0v) is 17.8.